The number of nitrogens with zero attached hydrogens (tertiary/aromatic N) is 5. The number of aryl methyl sites for hydroxylation is 4. The van der Waals surface area contributed by atoms with Gasteiger partial charge >= 0.3 is 0 Å². The van der Waals surface area contributed by atoms with Gasteiger partial charge in [-0.2, -0.15) is 5.10 Å². The van der Waals surface area contributed by atoms with Gasteiger partial charge in [0, 0.05) is 28.3 Å². The van der Waals surface area contributed by atoms with Crippen LogP contribution < -0.4 is 4.90 Å². The number of aromatic nitrogens is 4. The van der Waals surface area contributed by atoms with E-state index in [1.165, 1.54) is 20.5 Å². The summed E-state index contributed by atoms with van der Waals surface area (Å²) in [5.41, 5.74) is 8.92. The van der Waals surface area contributed by atoms with E-state index in [0.717, 1.165) is 57.8 Å². The molecule has 5 nitrogen and oxygen atoms in total. The van der Waals surface area contributed by atoms with Crippen molar-refractivity contribution in [3.63, 3.8) is 0 Å². The monoisotopic (exact) mass is 505 g/mol. The summed E-state index contributed by atoms with van der Waals surface area (Å²) in [6.45, 7) is 4.15. The second kappa shape index (κ2) is 8.40. The molecular weight excluding hydrogens is 482 g/mol. The predicted octanol–water partition coefficient (Wildman–Crippen LogP) is 7.79. The fraction of sp³-hybridized carbons (Fsp3) is 0.138. The van der Waals surface area contributed by atoms with Crippen molar-refractivity contribution in [3.05, 3.63) is 101 Å². The van der Waals surface area contributed by atoms with E-state index in [1.54, 1.807) is 22.7 Å². The summed E-state index contributed by atoms with van der Waals surface area (Å²) >= 11 is 3.56. The second-order valence-corrected chi connectivity index (χ2v) is 11.3. The lowest BCUT2D eigenvalue weighted by Crippen LogP contribution is -2.13. The van der Waals surface area contributed by atoms with Gasteiger partial charge in [-0.05, 0) is 74.2 Å². The Labute approximate surface area is 217 Å². The van der Waals surface area contributed by atoms with Gasteiger partial charge in [0.1, 0.15) is 10.8 Å². The molecule has 0 spiro atoms. The van der Waals surface area contributed by atoms with Crippen molar-refractivity contribution in [3.8, 4) is 17.1 Å². The van der Waals surface area contributed by atoms with Gasteiger partial charge in [0.05, 0.1) is 26.8 Å². The van der Waals surface area contributed by atoms with Crippen LogP contribution in [0.2, 0.25) is 0 Å². The van der Waals surface area contributed by atoms with Crippen LogP contribution in [0.5, 0.6) is 0 Å². The number of rotatable bonds is 4. The van der Waals surface area contributed by atoms with Crippen LogP contribution in [0.4, 0.5) is 16.5 Å². The van der Waals surface area contributed by atoms with Crippen LogP contribution in [0.25, 0.3) is 26.5 Å². The van der Waals surface area contributed by atoms with Gasteiger partial charge in [0.15, 0.2) is 0 Å². The van der Waals surface area contributed by atoms with Gasteiger partial charge in [-0.1, -0.05) is 30.3 Å². The first-order valence-electron chi connectivity index (χ1n) is 12.0. The Hall–Kier alpha value is -3.81. The smallest absolute Gasteiger partial charge is 0.138 e. The number of pyridine rings is 2. The molecule has 36 heavy (non-hydrogen) atoms. The number of hydrogen-bond acceptors (Lipinski definition) is 6. The highest BCUT2D eigenvalue weighted by molar-refractivity contribution is 7.39. The van der Waals surface area contributed by atoms with E-state index >= 15 is 0 Å². The Morgan fingerprint density at radius 2 is 1.72 bits per heavy atom. The molecule has 5 heterocycles. The average molecular weight is 506 g/mol. The SMILES string of the molecule is Cc1cc(C)n(-c2csc3sc(N(c4ccccc4)c4ccc5c(n4)-c4ncccc4CC5)cc23)n1. The van der Waals surface area contributed by atoms with Crippen LogP contribution in [0.15, 0.2) is 78.3 Å². The number of hydrogen-bond donors (Lipinski definition) is 0. The topological polar surface area (TPSA) is 46.8 Å². The number of fused-ring (bicyclic) bond motifs is 4. The maximum absolute atomic E-state index is 5.22. The molecule has 0 radical (unpaired) electrons. The lowest BCUT2D eigenvalue weighted by Gasteiger charge is -2.25. The molecular formula is C29H23N5S2. The lowest BCUT2D eigenvalue weighted by atomic mass is 9.93. The number of benzene rings is 1. The van der Waals surface area contributed by atoms with Crippen LogP contribution in [0.1, 0.15) is 22.5 Å². The molecule has 0 saturated heterocycles. The summed E-state index contributed by atoms with van der Waals surface area (Å²) in [5, 5.41) is 9.30. The third kappa shape index (κ3) is 3.46. The first-order chi connectivity index (χ1) is 17.7. The third-order valence-corrected chi connectivity index (χ3v) is 8.91. The Morgan fingerprint density at radius 3 is 2.53 bits per heavy atom. The Balaban J connectivity index is 1.40. The van der Waals surface area contributed by atoms with Crippen LogP contribution in [-0.2, 0) is 12.8 Å². The van der Waals surface area contributed by atoms with E-state index < -0.39 is 0 Å². The van der Waals surface area contributed by atoms with Crippen molar-refractivity contribution in [2.45, 2.75) is 26.7 Å². The molecule has 1 aliphatic rings. The van der Waals surface area contributed by atoms with E-state index in [9.17, 15) is 0 Å². The summed E-state index contributed by atoms with van der Waals surface area (Å²) < 4.78 is 3.33. The minimum absolute atomic E-state index is 0.903. The van der Waals surface area contributed by atoms with Crippen LogP contribution in [0, 0.1) is 13.8 Å². The average Bonchev–Trinajstić information content (AvgIpc) is 3.58. The third-order valence-electron chi connectivity index (χ3n) is 6.68. The Bertz CT molecular complexity index is 1730. The standard InChI is InChI=1S/C29H23N5S2/c1-18-15-19(2)34(32-18)24-17-35-29-23(24)16-26(36-29)33(22-8-4-3-5-9-22)25-13-12-21-11-10-20-7-6-14-30-27(20)28(21)31-25/h3-9,12-17H,10-11H2,1-2H3. The summed E-state index contributed by atoms with van der Waals surface area (Å²) in [4.78, 5) is 12.2. The molecule has 0 saturated carbocycles. The van der Waals surface area contributed by atoms with Crippen molar-refractivity contribution < 1.29 is 0 Å². The maximum Gasteiger partial charge on any atom is 0.138 e. The van der Waals surface area contributed by atoms with E-state index in [2.05, 4.69) is 82.5 Å². The molecule has 0 fully saturated rings. The summed E-state index contributed by atoms with van der Waals surface area (Å²) in [6.07, 6.45) is 3.87. The number of anilines is 3. The molecule has 7 heteroatoms. The first-order valence-corrected chi connectivity index (χ1v) is 13.7. The molecule has 0 N–H and O–H groups in total. The molecule has 5 aromatic heterocycles. The second-order valence-electron chi connectivity index (χ2n) is 9.10. The molecule has 0 unspecified atom stereocenters. The zero-order valence-electron chi connectivity index (χ0n) is 20.0. The van der Waals surface area contributed by atoms with Gasteiger partial charge in [-0.15, -0.1) is 22.7 Å². The van der Waals surface area contributed by atoms with Crippen molar-refractivity contribution in [2.75, 3.05) is 4.90 Å². The largest absolute Gasteiger partial charge is 0.286 e. The molecule has 7 rings (SSSR count). The van der Waals surface area contributed by atoms with Gasteiger partial charge in [-0.3, -0.25) is 9.88 Å². The van der Waals surface area contributed by atoms with Crippen molar-refractivity contribution >= 4 is 48.6 Å². The van der Waals surface area contributed by atoms with Gasteiger partial charge in [-0.25, -0.2) is 9.67 Å². The molecule has 0 bridgehead atoms. The van der Waals surface area contributed by atoms with E-state index in [-0.39, 0.29) is 0 Å². The van der Waals surface area contributed by atoms with E-state index in [0.29, 0.717) is 0 Å². The molecule has 1 aromatic carbocycles. The van der Waals surface area contributed by atoms with Crippen LogP contribution >= 0.6 is 22.7 Å². The van der Waals surface area contributed by atoms with Crippen LogP contribution in [0.3, 0.4) is 0 Å². The van der Waals surface area contributed by atoms with E-state index in [1.807, 2.05) is 19.2 Å². The van der Waals surface area contributed by atoms with Gasteiger partial charge < -0.3 is 0 Å². The predicted molar refractivity (Wildman–Crippen MR) is 149 cm³/mol. The minimum Gasteiger partial charge on any atom is -0.286 e. The zero-order chi connectivity index (χ0) is 24.2. The number of thiophene rings is 2. The zero-order valence-corrected chi connectivity index (χ0v) is 21.6. The minimum atomic E-state index is 0.903. The highest BCUT2D eigenvalue weighted by atomic mass is 32.2. The molecule has 6 aromatic rings. The highest BCUT2D eigenvalue weighted by Crippen LogP contribution is 2.45. The fourth-order valence-corrected chi connectivity index (χ4v) is 7.29. The van der Waals surface area contributed by atoms with Crippen molar-refractivity contribution in [1.29, 1.82) is 0 Å². The normalized spacial score (nSPS) is 12.5. The fourth-order valence-electron chi connectivity index (χ4n) is 5.03. The van der Waals surface area contributed by atoms with Crippen LogP contribution in [-0.4, -0.2) is 19.7 Å². The quantitative estimate of drug-likeness (QED) is 0.245. The summed E-state index contributed by atoms with van der Waals surface area (Å²) in [7, 11) is 0. The Morgan fingerprint density at radius 1 is 0.889 bits per heavy atom. The van der Waals surface area contributed by atoms with Crippen molar-refractivity contribution in [1.82, 2.24) is 19.7 Å². The number of para-hydroxylation sites is 1. The molecule has 176 valence electrons. The maximum atomic E-state index is 5.22. The Kier molecular flexibility index (Phi) is 5.01. The summed E-state index contributed by atoms with van der Waals surface area (Å²) in [5.74, 6) is 0.903. The summed E-state index contributed by atoms with van der Waals surface area (Å²) in [6, 6.07) is 23.5. The lowest BCUT2D eigenvalue weighted by molar-refractivity contribution is 0.842. The van der Waals surface area contributed by atoms with Gasteiger partial charge in [0.25, 0.3) is 0 Å². The molecule has 0 amide bonds. The molecule has 1 aliphatic carbocycles. The molecule has 0 atom stereocenters. The van der Waals surface area contributed by atoms with Crippen molar-refractivity contribution in [2.24, 2.45) is 0 Å². The van der Waals surface area contributed by atoms with E-state index in [4.69, 9.17) is 15.1 Å². The van der Waals surface area contributed by atoms with Gasteiger partial charge in [0.2, 0.25) is 0 Å². The first kappa shape index (κ1) is 21.5. The molecule has 0 aliphatic heterocycles. The highest BCUT2D eigenvalue weighted by Gasteiger charge is 2.23.